The molecule has 0 aliphatic rings. The Bertz CT molecular complexity index is 809. The van der Waals surface area contributed by atoms with Crippen molar-refractivity contribution in [3.63, 3.8) is 0 Å². The van der Waals surface area contributed by atoms with E-state index in [1.807, 2.05) is 30.3 Å². The van der Waals surface area contributed by atoms with Crippen LogP contribution in [0.3, 0.4) is 0 Å². The molecule has 5 heteroatoms. The van der Waals surface area contributed by atoms with Gasteiger partial charge in [-0.1, -0.05) is 40.2 Å². The van der Waals surface area contributed by atoms with E-state index in [1.54, 1.807) is 12.3 Å². The van der Waals surface area contributed by atoms with Crippen LogP contribution in [0.2, 0.25) is 0 Å². The normalized spacial score (nSPS) is 11.5. The quantitative estimate of drug-likeness (QED) is 0.518. The Labute approximate surface area is 139 Å². The van der Waals surface area contributed by atoms with Crippen LogP contribution in [-0.2, 0) is 6.18 Å². The lowest BCUT2D eigenvalue weighted by atomic mass is 10.0. The predicted octanol–water partition coefficient (Wildman–Crippen LogP) is 6.20. The van der Waals surface area contributed by atoms with Gasteiger partial charge in [0.05, 0.1) is 11.3 Å². The molecule has 116 valence electrons. The minimum absolute atomic E-state index is 0.650. The third-order valence-corrected chi connectivity index (χ3v) is 3.97. The number of hydrogen-bond acceptors (Lipinski definition) is 1. The zero-order valence-corrected chi connectivity index (χ0v) is 13.4. The van der Waals surface area contributed by atoms with Gasteiger partial charge in [-0.15, -0.1) is 0 Å². The van der Waals surface area contributed by atoms with E-state index in [4.69, 9.17) is 0 Å². The number of pyridine rings is 1. The summed E-state index contributed by atoms with van der Waals surface area (Å²) in [5.41, 5.74) is 2.62. The topological polar surface area (TPSA) is 12.9 Å². The maximum atomic E-state index is 12.6. The first-order chi connectivity index (χ1) is 10.9. The van der Waals surface area contributed by atoms with Crippen LogP contribution in [0.4, 0.5) is 13.2 Å². The Morgan fingerprint density at radius 2 is 1.35 bits per heavy atom. The molecule has 1 nitrogen and oxygen atoms in total. The van der Waals surface area contributed by atoms with Gasteiger partial charge in [0.2, 0.25) is 0 Å². The molecule has 1 heterocycles. The molecule has 3 aromatic rings. The van der Waals surface area contributed by atoms with Gasteiger partial charge in [0, 0.05) is 16.2 Å². The molecule has 0 amide bonds. The van der Waals surface area contributed by atoms with Crippen LogP contribution in [0.1, 0.15) is 5.56 Å². The van der Waals surface area contributed by atoms with E-state index < -0.39 is 11.7 Å². The molecule has 0 saturated heterocycles. The highest BCUT2D eigenvalue weighted by molar-refractivity contribution is 9.10. The van der Waals surface area contributed by atoms with E-state index in [9.17, 15) is 13.2 Å². The molecule has 0 saturated carbocycles. The lowest BCUT2D eigenvalue weighted by molar-refractivity contribution is -0.137. The number of rotatable bonds is 2. The Hall–Kier alpha value is -2.14. The van der Waals surface area contributed by atoms with Crippen molar-refractivity contribution in [3.8, 4) is 22.4 Å². The van der Waals surface area contributed by atoms with Crippen molar-refractivity contribution in [2.45, 2.75) is 6.18 Å². The molecule has 0 spiro atoms. The number of nitrogens with zero attached hydrogens (tertiary/aromatic N) is 1. The molecule has 0 unspecified atom stereocenters. The fourth-order valence-electron chi connectivity index (χ4n) is 2.24. The Balaban J connectivity index is 1.95. The van der Waals surface area contributed by atoms with Gasteiger partial charge in [-0.3, -0.25) is 4.98 Å². The minimum atomic E-state index is -4.32. The van der Waals surface area contributed by atoms with E-state index in [1.165, 1.54) is 12.1 Å². The van der Waals surface area contributed by atoms with Crippen molar-refractivity contribution in [2.24, 2.45) is 0 Å². The highest BCUT2D eigenvalue weighted by atomic mass is 79.9. The fraction of sp³-hybridized carbons (Fsp3) is 0.0556. The summed E-state index contributed by atoms with van der Waals surface area (Å²) in [6.45, 7) is 0. The molecule has 0 bridgehead atoms. The molecule has 0 aliphatic heterocycles. The molecule has 0 atom stereocenters. The molecule has 0 fully saturated rings. The molecule has 0 N–H and O–H groups in total. The second-order valence-electron chi connectivity index (χ2n) is 5.01. The van der Waals surface area contributed by atoms with Crippen molar-refractivity contribution >= 4 is 15.9 Å². The molecule has 3 rings (SSSR count). The van der Waals surface area contributed by atoms with Crippen molar-refractivity contribution < 1.29 is 13.2 Å². The van der Waals surface area contributed by atoms with Gasteiger partial charge >= 0.3 is 6.18 Å². The second kappa shape index (κ2) is 6.16. The van der Waals surface area contributed by atoms with Crippen LogP contribution >= 0.6 is 15.9 Å². The van der Waals surface area contributed by atoms with Crippen molar-refractivity contribution in [1.29, 1.82) is 0 Å². The van der Waals surface area contributed by atoms with Crippen LogP contribution in [0, 0.1) is 0 Å². The van der Waals surface area contributed by atoms with Crippen LogP contribution < -0.4 is 0 Å². The molecule has 1 aromatic heterocycles. The monoisotopic (exact) mass is 377 g/mol. The lowest BCUT2D eigenvalue weighted by Crippen LogP contribution is -2.03. The molecule has 23 heavy (non-hydrogen) atoms. The third kappa shape index (κ3) is 3.62. The number of aromatic nitrogens is 1. The number of halogens is 4. The van der Waals surface area contributed by atoms with Gasteiger partial charge in [-0.2, -0.15) is 13.2 Å². The Morgan fingerprint density at radius 3 is 1.96 bits per heavy atom. The van der Waals surface area contributed by atoms with Crippen LogP contribution in [-0.4, -0.2) is 4.98 Å². The number of alkyl halides is 3. The minimum Gasteiger partial charge on any atom is -0.256 e. The molecule has 0 aliphatic carbocycles. The number of hydrogen-bond donors (Lipinski definition) is 0. The molecular formula is C18H11BrF3N. The fourth-order valence-corrected chi connectivity index (χ4v) is 2.50. The van der Waals surface area contributed by atoms with E-state index in [-0.39, 0.29) is 0 Å². The standard InChI is InChI=1S/C18H11BrF3N/c19-16-7-3-13(4-8-16)17-11-14(9-10-23-17)12-1-5-15(6-2-12)18(20,21)22/h1-11H. The average molecular weight is 378 g/mol. The maximum absolute atomic E-state index is 12.6. The smallest absolute Gasteiger partial charge is 0.256 e. The van der Waals surface area contributed by atoms with E-state index in [0.29, 0.717) is 0 Å². The van der Waals surface area contributed by atoms with Crippen molar-refractivity contribution in [1.82, 2.24) is 4.98 Å². The first-order valence-corrected chi connectivity index (χ1v) is 7.62. The third-order valence-electron chi connectivity index (χ3n) is 3.45. The lowest BCUT2D eigenvalue weighted by Gasteiger charge is -2.09. The van der Waals surface area contributed by atoms with Gasteiger partial charge < -0.3 is 0 Å². The zero-order valence-electron chi connectivity index (χ0n) is 11.8. The summed E-state index contributed by atoms with van der Waals surface area (Å²) >= 11 is 3.38. The van der Waals surface area contributed by atoms with Gasteiger partial charge in [0.1, 0.15) is 0 Å². The van der Waals surface area contributed by atoms with Gasteiger partial charge in [-0.05, 0) is 47.5 Å². The van der Waals surface area contributed by atoms with Crippen LogP contribution in [0.25, 0.3) is 22.4 Å². The summed E-state index contributed by atoms with van der Waals surface area (Å²) in [7, 11) is 0. The van der Waals surface area contributed by atoms with Crippen molar-refractivity contribution in [3.05, 3.63) is 76.9 Å². The molecule has 0 radical (unpaired) electrons. The highest BCUT2D eigenvalue weighted by Crippen LogP contribution is 2.31. The summed E-state index contributed by atoms with van der Waals surface area (Å²) in [6, 6.07) is 16.5. The summed E-state index contributed by atoms with van der Waals surface area (Å²) in [4.78, 5) is 4.33. The highest BCUT2D eigenvalue weighted by Gasteiger charge is 2.29. The summed E-state index contributed by atoms with van der Waals surface area (Å²) < 4.78 is 38.9. The van der Waals surface area contributed by atoms with Gasteiger partial charge in [0.15, 0.2) is 0 Å². The van der Waals surface area contributed by atoms with E-state index in [0.717, 1.165) is 39.0 Å². The van der Waals surface area contributed by atoms with Crippen LogP contribution in [0.15, 0.2) is 71.3 Å². The molecular weight excluding hydrogens is 367 g/mol. The first-order valence-electron chi connectivity index (χ1n) is 6.83. The van der Waals surface area contributed by atoms with E-state index in [2.05, 4.69) is 20.9 Å². The van der Waals surface area contributed by atoms with Gasteiger partial charge in [0.25, 0.3) is 0 Å². The average Bonchev–Trinajstić information content (AvgIpc) is 2.55. The Morgan fingerprint density at radius 1 is 0.739 bits per heavy atom. The zero-order chi connectivity index (χ0) is 16.4. The van der Waals surface area contributed by atoms with Crippen molar-refractivity contribution in [2.75, 3.05) is 0 Å². The van der Waals surface area contributed by atoms with Gasteiger partial charge in [-0.25, -0.2) is 0 Å². The Kier molecular flexibility index (Phi) is 4.22. The summed E-state index contributed by atoms with van der Waals surface area (Å²) in [5.74, 6) is 0. The SMILES string of the molecule is FC(F)(F)c1ccc(-c2ccnc(-c3ccc(Br)cc3)c2)cc1. The second-order valence-corrected chi connectivity index (χ2v) is 5.93. The van der Waals surface area contributed by atoms with Crippen LogP contribution in [0.5, 0.6) is 0 Å². The first kappa shape index (κ1) is 15.7. The molecule has 2 aromatic carbocycles. The largest absolute Gasteiger partial charge is 0.416 e. The predicted molar refractivity (Wildman–Crippen MR) is 87.8 cm³/mol. The van der Waals surface area contributed by atoms with E-state index >= 15 is 0 Å². The number of benzene rings is 2. The summed E-state index contributed by atoms with van der Waals surface area (Å²) in [6.07, 6.45) is -2.66. The maximum Gasteiger partial charge on any atom is 0.416 e. The summed E-state index contributed by atoms with van der Waals surface area (Å²) in [5, 5.41) is 0.